The van der Waals surface area contributed by atoms with Crippen LogP contribution in [0.5, 0.6) is 0 Å². The summed E-state index contributed by atoms with van der Waals surface area (Å²) in [6.07, 6.45) is 7.00. The molecule has 1 saturated carbocycles. The van der Waals surface area contributed by atoms with Crippen LogP contribution >= 0.6 is 0 Å². The Kier molecular flexibility index (Phi) is 6.82. The zero-order chi connectivity index (χ0) is 14.5. The van der Waals surface area contributed by atoms with Crippen LogP contribution in [0.3, 0.4) is 0 Å². The smallest absolute Gasteiger partial charge is 0.0105 e. The lowest BCUT2D eigenvalue weighted by atomic mass is 9.76. The van der Waals surface area contributed by atoms with Crippen molar-refractivity contribution >= 4 is 0 Å². The summed E-state index contributed by atoms with van der Waals surface area (Å²) >= 11 is 0. The van der Waals surface area contributed by atoms with E-state index in [1.807, 2.05) is 0 Å². The van der Waals surface area contributed by atoms with E-state index in [0.717, 1.165) is 17.9 Å². The van der Waals surface area contributed by atoms with E-state index in [2.05, 4.69) is 52.0 Å². The molecule has 1 fully saturated rings. The zero-order valence-electron chi connectivity index (χ0n) is 14.1. The molecule has 3 atom stereocenters. The molecule has 0 aromatic carbocycles. The maximum atomic E-state index is 3.56. The molecule has 0 aliphatic heterocycles. The third kappa shape index (κ3) is 6.27. The van der Waals surface area contributed by atoms with Crippen molar-refractivity contribution in [2.24, 2.45) is 17.3 Å². The second-order valence-electron chi connectivity index (χ2n) is 7.88. The Morgan fingerprint density at radius 1 is 1.21 bits per heavy atom. The summed E-state index contributed by atoms with van der Waals surface area (Å²) < 4.78 is 0. The quantitative estimate of drug-likeness (QED) is 0.789. The number of rotatable bonds is 6. The van der Waals surface area contributed by atoms with Gasteiger partial charge >= 0.3 is 0 Å². The molecular formula is C17H36N2. The maximum Gasteiger partial charge on any atom is 0.0105 e. The second-order valence-corrected chi connectivity index (χ2v) is 7.88. The Bertz CT molecular complexity index is 244. The molecule has 0 amide bonds. The van der Waals surface area contributed by atoms with Crippen LogP contribution in [0.15, 0.2) is 0 Å². The van der Waals surface area contributed by atoms with Gasteiger partial charge in [-0.15, -0.1) is 0 Å². The summed E-state index contributed by atoms with van der Waals surface area (Å²) in [5.74, 6) is 1.81. The van der Waals surface area contributed by atoms with Gasteiger partial charge in [0.15, 0.2) is 0 Å². The van der Waals surface area contributed by atoms with Gasteiger partial charge in [0.2, 0.25) is 0 Å². The molecule has 0 saturated heterocycles. The number of nitrogens with zero attached hydrogens (tertiary/aromatic N) is 1. The molecule has 3 unspecified atom stereocenters. The van der Waals surface area contributed by atoms with Crippen LogP contribution in [0.2, 0.25) is 0 Å². The van der Waals surface area contributed by atoms with Gasteiger partial charge in [0.1, 0.15) is 0 Å². The molecule has 1 N–H and O–H groups in total. The van der Waals surface area contributed by atoms with Crippen molar-refractivity contribution in [2.45, 2.75) is 65.8 Å². The van der Waals surface area contributed by atoms with E-state index in [1.54, 1.807) is 0 Å². The van der Waals surface area contributed by atoms with Gasteiger partial charge in [0.05, 0.1) is 0 Å². The van der Waals surface area contributed by atoms with E-state index in [4.69, 9.17) is 0 Å². The molecule has 1 rings (SSSR count). The van der Waals surface area contributed by atoms with Crippen molar-refractivity contribution in [3.63, 3.8) is 0 Å². The van der Waals surface area contributed by atoms with Crippen LogP contribution in [0, 0.1) is 17.3 Å². The van der Waals surface area contributed by atoms with E-state index < -0.39 is 0 Å². The first-order valence-electron chi connectivity index (χ1n) is 8.21. The molecule has 0 heterocycles. The van der Waals surface area contributed by atoms with Gasteiger partial charge in [-0.1, -0.05) is 40.5 Å². The van der Waals surface area contributed by atoms with Gasteiger partial charge in [-0.25, -0.2) is 0 Å². The monoisotopic (exact) mass is 268 g/mol. The third-order valence-corrected chi connectivity index (χ3v) is 4.45. The van der Waals surface area contributed by atoms with Crippen LogP contribution in [0.25, 0.3) is 0 Å². The van der Waals surface area contributed by atoms with E-state index in [-0.39, 0.29) is 0 Å². The Balaban J connectivity index is 2.50. The first kappa shape index (κ1) is 17.0. The highest BCUT2D eigenvalue weighted by atomic mass is 15.1. The van der Waals surface area contributed by atoms with Crippen LogP contribution in [0.1, 0.15) is 59.8 Å². The predicted octanol–water partition coefficient (Wildman–Crippen LogP) is 3.77. The number of hydrogen-bond donors (Lipinski definition) is 1. The molecule has 0 radical (unpaired) electrons. The van der Waals surface area contributed by atoms with E-state index >= 15 is 0 Å². The molecule has 114 valence electrons. The van der Waals surface area contributed by atoms with Crippen molar-refractivity contribution in [3.05, 3.63) is 0 Å². The Morgan fingerprint density at radius 3 is 2.42 bits per heavy atom. The summed E-state index contributed by atoms with van der Waals surface area (Å²) in [5.41, 5.74) is 0.404. The highest BCUT2D eigenvalue weighted by Gasteiger charge is 2.30. The molecular weight excluding hydrogens is 232 g/mol. The minimum absolute atomic E-state index is 0.404. The summed E-state index contributed by atoms with van der Waals surface area (Å²) in [6.45, 7) is 11.8. The fourth-order valence-electron chi connectivity index (χ4n) is 3.89. The van der Waals surface area contributed by atoms with Crippen LogP contribution in [-0.4, -0.2) is 38.1 Å². The van der Waals surface area contributed by atoms with E-state index in [0.29, 0.717) is 5.41 Å². The zero-order valence-corrected chi connectivity index (χ0v) is 14.1. The summed E-state index contributed by atoms with van der Waals surface area (Å²) in [4.78, 5) is 2.54. The Hall–Kier alpha value is -0.0800. The van der Waals surface area contributed by atoms with Crippen molar-refractivity contribution in [1.82, 2.24) is 10.2 Å². The SMILES string of the molecule is CCCC1CCC(NC)C(CN(C)CC(C)(C)C)C1. The minimum Gasteiger partial charge on any atom is -0.317 e. The van der Waals surface area contributed by atoms with Gasteiger partial charge in [0.25, 0.3) is 0 Å². The van der Waals surface area contributed by atoms with Gasteiger partial charge in [0, 0.05) is 19.1 Å². The molecule has 2 nitrogen and oxygen atoms in total. The lowest BCUT2D eigenvalue weighted by Gasteiger charge is -2.39. The fourth-order valence-corrected chi connectivity index (χ4v) is 3.89. The first-order chi connectivity index (χ1) is 8.85. The molecule has 0 aromatic heterocycles. The van der Waals surface area contributed by atoms with Crippen molar-refractivity contribution in [3.8, 4) is 0 Å². The van der Waals surface area contributed by atoms with Gasteiger partial charge < -0.3 is 10.2 Å². The fraction of sp³-hybridized carbons (Fsp3) is 1.00. The predicted molar refractivity (Wildman–Crippen MR) is 85.5 cm³/mol. The summed E-state index contributed by atoms with van der Waals surface area (Å²) in [6, 6.07) is 0.732. The molecule has 19 heavy (non-hydrogen) atoms. The van der Waals surface area contributed by atoms with Crippen molar-refractivity contribution < 1.29 is 0 Å². The average molecular weight is 268 g/mol. The molecule has 1 aliphatic rings. The molecule has 0 aromatic rings. The topological polar surface area (TPSA) is 15.3 Å². The number of nitrogens with one attached hydrogen (secondary N) is 1. The standard InChI is InChI=1S/C17H36N2/c1-7-8-14-9-10-16(18-5)15(11-14)12-19(6)13-17(2,3)4/h14-16,18H,7-13H2,1-6H3. The van der Waals surface area contributed by atoms with Crippen molar-refractivity contribution in [1.29, 1.82) is 0 Å². The van der Waals surface area contributed by atoms with E-state index in [1.165, 1.54) is 45.2 Å². The minimum atomic E-state index is 0.404. The van der Waals surface area contributed by atoms with Gasteiger partial charge in [-0.2, -0.15) is 0 Å². The average Bonchev–Trinajstić information content (AvgIpc) is 2.27. The maximum absolute atomic E-state index is 3.56. The molecule has 0 spiro atoms. The summed E-state index contributed by atoms with van der Waals surface area (Å²) in [7, 11) is 4.43. The van der Waals surface area contributed by atoms with Gasteiger partial charge in [-0.3, -0.25) is 0 Å². The lowest BCUT2D eigenvalue weighted by Crippen LogP contribution is -2.45. The number of hydrogen-bond acceptors (Lipinski definition) is 2. The largest absolute Gasteiger partial charge is 0.317 e. The highest BCUT2D eigenvalue weighted by molar-refractivity contribution is 4.86. The Morgan fingerprint density at radius 2 is 1.89 bits per heavy atom. The first-order valence-corrected chi connectivity index (χ1v) is 8.21. The Labute approximate surface area is 121 Å². The van der Waals surface area contributed by atoms with Crippen LogP contribution < -0.4 is 5.32 Å². The normalized spacial score (nSPS) is 28.9. The van der Waals surface area contributed by atoms with Crippen LogP contribution in [0.4, 0.5) is 0 Å². The molecule has 2 heteroatoms. The highest BCUT2D eigenvalue weighted by Crippen LogP contribution is 2.32. The van der Waals surface area contributed by atoms with Gasteiger partial charge in [-0.05, 0) is 50.6 Å². The molecule has 1 aliphatic carbocycles. The van der Waals surface area contributed by atoms with Crippen molar-refractivity contribution in [2.75, 3.05) is 27.2 Å². The molecule has 0 bridgehead atoms. The summed E-state index contributed by atoms with van der Waals surface area (Å²) in [5, 5.41) is 3.56. The second kappa shape index (κ2) is 7.64. The van der Waals surface area contributed by atoms with E-state index in [9.17, 15) is 0 Å². The lowest BCUT2D eigenvalue weighted by molar-refractivity contribution is 0.132. The van der Waals surface area contributed by atoms with Crippen LogP contribution in [-0.2, 0) is 0 Å². The third-order valence-electron chi connectivity index (χ3n) is 4.45.